The number of hydrogen-bond donors (Lipinski definition) is 1. The van der Waals surface area contributed by atoms with E-state index in [1.54, 1.807) is 18.2 Å². The van der Waals surface area contributed by atoms with Crippen LogP contribution in [-0.2, 0) is 14.8 Å². The summed E-state index contributed by atoms with van der Waals surface area (Å²) in [4.78, 5) is 12.2. The van der Waals surface area contributed by atoms with Crippen molar-refractivity contribution in [3.8, 4) is 0 Å². The topological polar surface area (TPSA) is 66.5 Å². The number of halogens is 2. The van der Waals surface area contributed by atoms with Gasteiger partial charge in [0.15, 0.2) is 0 Å². The lowest BCUT2D eigenvalue weighted by Gasteiger charge is -2.11. The van der Waals surface area contributed by atoms with Gasteiger partial charge in [0, 0.05) is 37.7 Å². The predicted octanol–water partition coefficient (Wildman–Crippen LogP) is 2.90. The van der Waals surface area contributed by atoms with Crippen LogP contribution in [-0.4, -0.2) is 38.8 Å². The third-order valence-electron chi connectivity index (χ3n) is 4.57. The molecule has 0 spiro atoms. The Morgan fingerprint density at radius 3 is 2.29 bits per heavy atom. The van der Waals surface area contributed by atoms with Crippen LogP contribution in [0.5, 0.6) is 0 Å². The molecule has 1 aliphatic rings. The van der Waals surface area contributed by atoms with Crippen molar-refractivity contribution in [2.24, 2.45) is 0 Å². The number of nitrogens with zero attached hydrogens (tertiary/aromatic N) is 1. The molecular formula is C20H20F2N2O3S. The molecule has 0 saturated heterocycles. The number of sulfonamides is 1. The monoisotopic (exact) mass is 406 g/mol. The van der Waals surface area contributed by atoms with E-state index < -0.39 is 21.7 Å². The second kappa shape index (κ2) is 7.81. The molecular weight excluding hydrogens is 386 g/mol. The normalized spacial score (nSPS) is 19.2. The van der Waals surface area contributed by atoms with Crippen LogP contribution in [0.2, 0.25) is 0 Å². The van der Waals surface area contributed by atoms with Crippen molar-refractivity contribution in [3.05, 3.63) is 71.3 Å². The van der Waals surface area contributed by atoms with Gasteiger partial charge in [0.25, 0.3) is 0 Å². The van der Waals surface area contributed by atoms with Crippen molar-refractivity contribution in [2.75, 3.05) is 14.1 Å². The van der Waals surface area contributed by atoms with E-state index in [2.05, 4.69) is 5.32 Å². The molecule has 2 aromatic carbocycles. The molecule has 0 bridgehead atoms. The maximum atomic E-state index is 13.8. The molecule has 0 heterocycles. The lowest BCUT2D eigenvalue weighted by Crippen LogP contribution is -2.24. The number of nitrogens with one attached hydrogen (secondary N) is 1. The van der Waals surface area contributed by atoms with Gasteiger partial charge >= 0.3 is 0 Å². The number of carbonyl (C=O) groups is 1. The molecule has 2 atom stereocenters. The van der Waals surface area contributed by atoms with E-state index in [0.717, 1.165) is 4.31 Å². The molecule has 148 valence electrons. The fraction of sp³-hybridized carbons (Fsp3) is 0.250. The van der Waals surface area contributed by atoms with Gasteiger partial charge in [-0.15, -0.1) is 0 Å². The van der Waals surface area contributed by atoms with Crippen molar-refractivity contribution < 1.29 is 22.0 Å². The van der Waals surface area contributed by atoms with Crippen LogP contribution in [0, 0.1) is 11.6 Å². The quantitative estimate of drug-likeness (QED) is 0.751. The number of carbonyl (C=O) groups excluding carboxylic acids is 1. The molecule has 28 heavy (non-hydrogen) atoms. The molecule has 1 aliphatic carbocycles. The fourth-order valence-corrected chi connectivity index (χ4v) is 3.80. The molecule has 0 radical (unpaired) electrons. The zero-order valence-corrected chi connectivity index (χ0v) is 16.2. The highest BCUT2D eigenvalue weighted by Crippen LogP contribution is 2.43. The lowest BCUT2D eigenvalue weighted by atomic mass is 10.1. The fourth-order valence-electron chi connectivity index (χ4n) is 2.90. The van der Waals surface area contributed by atoms with Crippen LogP contribution in [0.1, 0.15) is 23.5 Å². The van der Waals surface area contributed by atoms with E-state index in [1.807, 2.05) is 0 Å². The Bertz CT molecular complexity index is 998. The highest BCUT2D eigenvalue weighted by molar-refractivity contribution is 7.89. The lowest BCUT2D eigenvalue weighted by molar-refractivity contribution is -0.116. The van der Waals surface area contributed by atoms with Gasteiger partial charge in [-0.25, -0.2) is 21.5 Å². The van der Waals surface area contributed by atoms with E-state index in [0.29, 0.717) is 12.0 Å². The summed E-state index contributed by atoms with van der Waals surface area (Å²) in [7, 11) is -0.603. The second-order valence-corrected chi connectivity index (χ2v) is 8.93. The summed E-state index contributed by atoms with van der Waals surface area (Å²) in [6.07, 6.45) is 3.33. The van der Waals surface area contributed by atoms with Crippen LogP contribution < -0.4 is 5.32 Å². The van der Waals surface area contributed by atoms with Gasteiger partial charge < -0.3 is 5.32 Å². The molecule has 1 saturated carbocycles. The zero-order valence-electron chi connectivity index (χ0n) is 15.4. The molecule has 0 aromatic heterocycles. The third-order valence-corrected chi connectivity index (χ3v) is 6.40. The molecule has 1 N–H and O–H groups in total. The minimum absolute atomic E-state index is 0.00877. The van der Waals surface area contributed by atoms with E-state index in [9.17, 15) is 22.0 Å². The Morgan fingerprint density at radius 2 is 1.71 bits per heavy atom. The average Bonchev–Trinajstić information content (AvgIpc) is 3.38. The first-order valence-corrected chi connectivity index (χ1v) is 10.1. The average molecular weight is 406 g/mol. The minimum Gasteiger partial charge on any atom is -0.349 e. The van der Waals surface area contributed by atoms with Crippen LogP contribution >= 0.6 is 0 Å². The third kappa shape index (κ3) is 4.28. The first-order valence-electron chi connectivity index (χ1n) is 8.65. The van der Waals surface area contributed by atoms with Gasteiger partial charge in [-0.1, -0.05) is 18.2 Å². The number of hydrogen-bond acceptors (Lipinski definition) is 3. The number of rotatable bonds is 6. The molecule has 1 fully saturated rings. The highest BCUT2D eigenvalue weighted by atomic mass is 32.2. The number of benzene rings is 2. The zero-order chi connectivity index (χ0) is 20.5. The van der Waals surface area contributed by atoms with Crippen molar-refractivity contribution in [1.29, 1.82) is 0 Å². The van der Waals surface area contributed by atoms with E-state index >= 15 is 0 Å². The van der Waals surface area contributed by atoms with Crippen LogP contribution in [0.25, 0.3) is 6.08 Å². The van der Waals surface area contributed by atoms with Crippen LogP contribution in [0.3, 0.4) is 0 Å². The van der Waals surface area contributed by atoms with Crippen molar-refractivity contribution >= 4 is 22.0 Å². The van der Waals surface area contributed by atoms with E-state index in [1.165, 1.54) is 50.5 Å². The Kier molecular flexibility index (Phi) is 5.62. The minimum atomic E-state index is -3.50. The summed E-state index contributed by atoms with van der Waals surface area (Å²) in [5.41, 5.74) is 0.662. The Hall–Kier alpha value is -2.58. The molecule has 0 aliphatic heterocycles. The smallest absolute Gasteiger partial charge is 0.244 e. The maximum absolute atomic E-state index is 13.8. The first-order chi connectivity index (χ1) is 13.2. The number of amides is 1. The van der Waals surface area contributed by atoms with Gasteiger partial charge in [0.05, 0.1) is 4.90 Å². The second-order valence-electron chi connectivity index (χ2n) is 6.78. The van der Waals surface area contributed by atoms with Crippen molar-refractivity contribution in [3.63, 3.8) is 0 Å². The molecule has 3 rings (SSSR count). The van der Waals surface area contributed by atoms with Gasteiger partial charge in [-0.05, 0) is 42.3 Å². The molecule has 1 amide bonds. The van der Waals surface area contributed by atoms with Crippen molar-refractivity contribution in [1.82, 2.24) is 9.62 Å². The Morgan fingerprint density at radius 1 is 1.11 bits per heavy atom. The van der Waals surface area contributed by atoms with E-state index in [-0.39, 0.29) is 28.3 Å². The molecule has 2 unspecified atom stereocenters. The molecule has 2 aromatic rings. The van der Waals surface area contributed by atoms with E-state index in [4.69, 9.17) is 0 Å². The largest absolute Gasteiger partial charge is 0.349 e. The summed E-state index contributed by atoms with van der Waals surface area (Å²) < 4.78 is 52.7. The standard InChI is InChI=1S/C20H20F2N2O3S/c1-24(2)28(26,27)14-9-6-13(7-10-14)8-11-19(25)23-18-12-15(18)20-16(21)4-3-5-17(20)22/h3-11,15,18H,12H2,1-2H3,(H,23,25)/b11-8+. The summed E-state index contributed by atoms with van der Waals surface area (Å²) in [6.45, 7) is 0. The Labute approximate surface area is 162 Å². The summed E-state index contributed by atoms with van der Waals surface area (Å²) >= 11 is 0. The van der Waals surface area contributed by atoms with Crippen molar-refractivity contribution in [2.45, 2.75) is 23.3 Å². The van der Waals surface area contributed by atoms with Gasteiger partial charge in [0.1, 0.15) is 11.6 Å². The maximum Gasteiger partial charge on any atom is 0.244 e. The molecule has 5 nitrogen and oxygen atoms in total. The van der Waals surface area contributed by atoms with Crippen LogP contribution in [0.15, 0.2) is 53.4 Å². The Balaban J connectivity index is 1.60. The highest BCUT2D eigenvalue weighted by Gasteiger charge is 2.42. The van der Waals surface area contributed by atoms with Crippen LogP contribution in [0.4, 0.5) is 8.78 Å². The van der Waals surface area contributed by atoms with Gasteiger partial charge in [0.2, 0.25) is 15.9 Å². The summed E-state index contributed by atoms with van der Waals surface area (Å²) in [6, 6.07) is 9.52. The summed E-state index contributed by atoms with van der Waals surface area (Å²) in [5.74, 6) is -1.96. The molecule has 8 heteroatoms. The summed E-state index contributed by atoms with van der Waals surface area (Å²) in [5, 5.41) is 2.72. The SMILES string of the molecule is CN(C)S(=O)(=O)c1ccc(/C=C/C(=O)NC2CC2c2c(F)cccc2F)cc1. The first kappa shape index (κ1) is 20.2. The van der Waals surface area contributed by atoms with Gasteiger partial charge in [-0.2, -0.15) is 0 Å². The predicted molar refractivity (Wildman–Crippen MR) is 102 cm³/mol. The van der Waals surface area contributed by atoms with Gasteiger partial charge in [-0.3, -0.25) is 4.79 Å².